The Labute approximate surface area is 173 Å². The van der Waals surface area contributed by atoms with Gasteiger partial charge in [-0.3, -0.25) is 4.79 Å². The van der Waals surface area contributed by atoms with Crippen molar-refractivity contribution in [1.29, 1.82) is 0 Å². The Bertz CT molecular complexity index is 1020. The average Bonchev–Trinajstić information content (AvgIpc) is 3.20. The van der Waals surface area contributed by atoms with Crippen molar-refractivity contribution in [3.63, 3.8) is 0 Å². The van der Waals surface area contributed by atoms with Gasteiger partial charge in [-0.2, -0.15) is 0 Å². The van der Waals surface area contributed by atoms with Crippen LogP contribution in [-0.2, 0) is 11.2 Å². The molecular weight excluding hydrogens is 391 g/mol. The van der Waals surface area contributed by atoms with Gasteiger partial charge in [-0.1, -0.05) is 35.9 Å². The molecule has 1 fully saturated rings. The van der Waals surface area contributed by atoms with Crippen molar-refractivity contribution in [2.24, 2.45) is 0 Å². The predicted molar refractivity (Wildman–Crippen MR) is 111 cm³/mol. The van der Waals surface area contributed by atoms with Crippen molar-refractivity contribution < 1.29 is 9.18 Å². The van der Waals surface area contributed by atoms with Crippen molar-refractivity contribution in [2.45, 2.75) is 25.3 Å². The lowest BCUT2D eigenvalue weighted by molar-refractivity contribution is -0.131. The zero-order valence-electron chi connectivity index (χ0n) is 15.7. The molecule has 1 amide bonds. The summed E-state index contributed by atoms with van der Waals surface area (Å²) in [6, 6.07) is 13.3. The van der Waals surface area contributed by atoms with Crippen LogP contribution >= 0.6 is 11.6 Å². The summed E-state index contributed by atoms with van der Waals surface area (Å²) in [5.41, 5.74) is 9.15. The van der Waals surface area contributed by atoms with Crippen LogP contribution in [-0.4, -0.2) is 27.3 Å². The van der Waals surface area contributed by atoms with Crippen LogP contribution in [0.15, 0.2) is 54.7 Å². The summed E-state index contributed by atoms with van der Waals surface area (Å²) in [7, 11) is 0. The third-order valence-electron chi connectivity index (χ3n) is 5.15. The van der Waals surface area contributed by atoms with Crippen LogP contribution in [0.3, 0.4) is 0 Å². The zero-order valence-corrected chi connectivity index (χ0v) is 16.4. The maximum atomic E-state index is 13.1. The number of benzene rings is 2. The maximum absolute atomic E-state index is 13.1. The minimum Gasteiger partial charge on any atom is -0.368 e. The first kappa shape index (κ1) is 19.3. The van der Waals surface area contributed by atoms with E-state index in [0.29, 0.717) is 11.6 Å². The van der Waals surface area contributed by atoms with E-state index in [9.17, 15) is 9.18 Å². The topological polar surface area (TPSA) is 72.1 Å². The summed E-state index contributed by atoms with van der Waals surface area (Å²) in [4.78, 5) is 23.5. The number of hydrogen-bond acceptors (Lipinski definition) is 4. The molecule has 5 nitrogen and oxygen atoms in total. The van der Waals surface area contributed by atoms with E-state index >= 15 is 0 Å². The largest absolute Gasteiger partial charge is 0.368 e. The fourth-order valence-electron chi connectivity index (χ4n) is 3.74. The van der Waals surface area contributed by atoms with Crippen LogP contribution in [0.2, 0.25) is 5.02 Å². The van der Waals surface area contributed by atoms with Gasteiger partial charge >= 0.3 is 0 Å². The van der Waals surface area contributed by atoms with Crippen molar-refractivity contribution in [2.75, 3.05) is 12.3 Å². The number of likely N-dealkylation sites (tertiary alicyclic amines) is 1. The number of nitrogens with two attached hydrogens (primary N) is 1. The Hall–Kier alpha value is -2.99. The molecule has 3 aromatic rings. The Morgan fingerprint density at radius 2 is 1.90 bits per heavy atom. The summed E-state index contributed by atoms with van der Waals surface area (Å²) in [6.07, 6.45) is 3.59. The van der Waals surface area contributed by atoms with E-state index in [1.54, 1.807) is 18.3 Å². The second kappa shape index (κ2) is 8.17. The van der Waals surface area contributed by atoms with Gasteiger partial charge in [-0.25, -0.2) is 14.4 Å². The molecule has 1 atom stereocenters. The highest BCUT2D eigenvalue weighted by Gasteiger charge is 2.33. The number of carbonyl (C=O) groups excluding carboxylic acids is 1. The fraction of sp³-hybridized carbons (Fsp3) is 0.227. The Morgan fingerprint density at radius 3 is 2.62 bits per heavy atom. The first-order valence-corrected chi connectivity index (χ1v) is 9.81. The Morgan fingerprint density at radius 1 is 1.17 bits per heavy atom. The third kappa shape index (κ3) is 4.22. The number of aromatic nitrogens is 2. The fourth-order valence-corrected chi connectivity index (χ4v) is 3.87. The molecule has 0 saturated carbocycles. The molecule has 0 spiro atoms. The van der Waals surface area contributed by atoms with Crippen LogP contribution in [0.5, 0.6) is 0 Å². The summed E-state index contributed by atoms with van der Waals surface area (Å²) < 4.78 is 13.1. The molecule has 1 aliphatic rings. The van der Waals surface area contributed by atoms with E-state index in [1.165, 1.54) is 12.1 Å². The molecule has 29 heavy (non-hydrogen) atoms. The Kier molecular flexibility index (Phi) is 5.45. The van der Waals surface area contributed by atoms with Gasteiger partial charge in [0.15, 0.2) is 0 Å². The molecule has 1 saturated heterocycles. The third-order valence-corrected chi connectivity index (χ3v) is 5.40. The van der Waals surface area contributed by atoms with Gasteiger partial charge in [0.25, 0.3) is 0 Å². The number of nitrogens with zero attached hydrogens (tertiary/aromatic N) is 3. The van der Waals surface area contributed by atoms with E-state index < -0.39 is 0 Å². The standard InChI is InChI=1S/C22H20ClFN4O/c23-16-7-5-15(6-8-16)18-13-26-22(25)27-21(18)19-2-1-11-28(19)20(29)12-14-3-9-17(24)10-4-14/h3-10,13,19H,1-2,11-12H2,(H2,25,26,27)/t19-/m0/s1. The number of nitrogen functional groups attached to an aromatic ring is 1. The quantitative estimate of drug-likeness (QED) is 0.690. The van der Waals surface area contributed by atoms with Gasteiger partial charge < -0.3 is 10.6 Å². The van der Waals surface area contributed by atoms with Gasteiger partial charge in [0.1, 0.15) is 5.82 Å². The average molecular weight is 411 g/mol. The molecule has 0 unspecified atom stereocenters. The highest BCUT2D eigenvalue weighted by molar-refractivity contribution is 6.30. The number of halogens is 2. The second-order valence-electron chi connectivity index (χ2n) is 7.08. The SMILES string of the molecule is Nc1ncc(-c2ccc(Cl)cc2)c([C@@H]2CCCN2C(=O)Cc2ccc(F)cc2)n1. The van der Waals surface area contributed by atoms with E-state index in [0.717, 1.165) is 35.2 Å². The second-order valence-corrected chi connectivity index (χ2v) is 7.52. The van der Waals surface area contributed by atoms with E-state index in [2.05, 4.69) is 9.97 Å². The molecule has 2 N–H and O–H groups in total. The zero-order chi connectivity index (χ0) is 20.4. The molecule has 0 bridgehead atoms. The molecule has 1 aliphatic heterocycles. The van der Waals surface area contributed by atoms with Gasteiger partial charge in [-0.15, -0.1) is 0 Å². The molecule has 4 rings (SSSR count). The van der Waals surface area contributed by atoms with Crippen LogP contribution in [0, 0.1) is 5.82 Å². The highest BCUT2D eigenvalue weighted by Crippen LogP contribution is 2.37. The lowest BCUT2D eigenvalue weighted by Crippen LogP contribution is -2.32. The van der Waals surface area contributed by atoms with Gasteiger partial charge in [0, 0.05) is 23.3 Å². The normalized spacial score (nSPS) is 16.2. The molecule has 0 aliphatic carbocycles. The summed E-state index contributed by atoms with van der Waals surface area (Å²) >= 11 is 6.02. The molecule has 7 heteroatoms. The number of rotatable bonds is 4. The van der Waals surface area contributed by atoms with Crippen molar-refractivity contribution in [3.05, 3.63) is 76.8 Å². The molecule has 2 aromatic carbocycles. The summed E-state index contributed by atoms with van der Waals surface area (Å²) in [5, 5.41) is 0.642. The molecule has 148 valence electrons. The first-order valence-electron chi connectivity index (χ1n) is 9.43. The van der Waals surface area contributed by atoms with Crippen molar-refractivity contribution in [1.82, 2.24) is 14.9 Å². The maximum Gasteiger partial charge on any atom is 0.227 e. The lowest BCUT2D eigenvalue weighted by atomic mass is 9.99. The van der Waals surface area contributed by atoms with Crippen LogP contribution in [0.1, 0.15) is 30.1 Å². The van der Waals surface area contributed by atoms with E-state index in [-0.39, 0.29) is 30.1 Å². The first-order chi connectivity index (χ1) is 14.0. The predicted octanol–water partition coefficient (Wildman–Crippen LogP) is 4.42. The minimum atomic E-state index is -0.315. The van der Waals surface area contributed by atoms with Crippen LogP contribution in [0.25, 0.3) is 11.1 Å². The molecular formula is C22H20ClFN4O. The monoisotopic (exact) mass is 410 g/mol. The molecule has 1 aromatic heterocycles. The number of anilines is 1. The molecule has 0 radical (unpaired) electrons. The number of amides is 1. The van der Waals surface area contributed by atoms with Crippen LogP contribution in [0.4, 0.5) is 10.3 Å². The smallest absolute Gasteiger partial charge is 0.227 e. The summed E-state index contributed by atoms with van der Waals surface area (Å²) in [5.74, 6) is -0.154. The van der Waals surface area contributed by atoms with Crippen LogP contribution < -0.4 is 5.73 Å². The number of hydrogen-bond donors (Lipinski definition) is 1. The van der Waals surface area contributed by atoms with E-state index in [1.807, 2.05) is 29.2 Å². The van der Waals surface area contributed by atoms with Gasteiger partial charge in [-0.05, 0) is 48.2 Å². The van der Waals surface area contributed by atoms with Crippen molar-refractivity contribution in [3.8, 4) is 11.1 Å². The Balaban J connectivity index is 1.64. The highest BCUT2D eigenvalue weighted by atomic mass is 35.5. The number of carbonyl (C=O) groups is 1. The van der Waals surface area contributed by atoms with Gasteiger partial charge in [0.05, 0.1) is 18.2 Å². The van der Waals surface area contributed by atoms with E-state index in [4.69, 9.17) is 17.3 Å². The van der Waals surface area contributed by atoms with Gasteiger partial charge in [0.2, 0.25) is 11.9 Å². The minimum absolute atomic E-state index is 0.0154. The van der Waals surface area contributed by atoms with Crippen molar-refractivity contribution >= 4 is 23.5 Å². The lowest BCUT2D eigenvalue weighted by Gasteiger charge is -2.26. The molecule has 2 heterocycles. The summed E-state index contributed by atoms with van der Waals surface area (Å²) in [6.45, 7) is 0.647.